The fourth-order valence-corrected chi connectivity index (χ4v) is 3.17. The van der Waals surface area contributed by atoms with E-state index in [4.69, 9.17) is 0 Å². The van der Waals surface area contributed by atoms with E-state index in [9.17, 15) is 14.7 Å². The number of carbonyl (C=O) groups excluding carboxylic acids is 1. The van der Waals surface area contributed by atoms with E-state index in [0.29, 0.717) is 19.4 Å². The number of carbonyl (C=O) groups is 2. The number of aliphatic carboxylic acids is 1. The van der Waals surface area contributed by atoms with Crippen LogP contribution in [0.4, 0.5) is 0 Å². The summed E-state index contributed by atoms with van der Waals surface area (Å²) in [4.78, 5) is 24.1. The highest BCUT2D eigenvalue weighted by Gasteiger charge is 2.45. The maximum Gasteiger partial charge on any atom is 0.329 e. The Kier molecular flexibility index (Phi) is 4.13. The predicted molar refractivity (Wildman–Crippen MR) is 71.8 cm³/mol. The molecule has 2 fully saturated rings. The number of carboxylic acids is 1. The van der Waals surface area contributed by atoms with Crippen LogP contribution in [0.2, 0.25) is 0 Å². The zero-order valence-corrected chi connectivity index (χ0v) is 11.6. The Morgan fingerprint density at radius 1 is 1.11 bits per heavy atom. The Bertz CT molecular complexity index is 356. The number of piperidine rings is 1. The van der Waals surface area contributed by atoms with Gasteiger partial charge in [-0.1, -0.05) is 19.3 Å². The fourth-order valence-electron chi connectivity index (χ4n) is 3.17. The lowest BCUT2D eigenvalue weighted by Crippen LogP contribution is -2.60. The summed E-state index contributed by atoms with van der Waals surface area (Å²) in [5.41, 5.74) is -1.51. The monoisotopic (exact) mass is 268 g/mol. The van der Waals surface area contributed by atoms with Crippen molar-refractivity contribution in [2.24, 2.45) is 5.41 Å². The quantitative estimate of drug-likeness (QED) is 0.720. The van der Waals surface area contributed by atoms with Gasteiger partial charge in [-0.05, 0) is 39.2 Å². The Balaban J connectivity index is 2.08. The molecule has 1 atom stereocenters. The molecule has 3 N–H and O–H groups in total. The first-order chi connectivity index (χ1) is 8.99. The number of carboxylic acid groups (broad SMARTS) is 1. The van der Waals surface area contributed by atoms with E-state index in [2.05, 4.69) is 10.6 Å². The van der Waals surface area contributed by atoms with Gasteiger partial charge in [-0.2, -0.15) is 0 Å². The van der Waals surface area contributed by atoms with Gasteiger partial charge >= 0.3 is 5.97 Å². The van der Waals surface area contributed by atoms with Crippen molar-refractivity contribution in [2.75, 3.05) is 13.1 Å². The van der Waals surface area contributed by atoms with Crippen LogP contribution >= 0.6 is 0 Å². The maximum atomic E-state index is 12.5. The van der Waals surface area contributed by atoms with Crippen molar-refractivity contribution in [1.29, 1.82) is 0 Å². The summed E-state index contributed by atoms with van der Waals surface area (Å²) in [6.07, 6.45) is 5.70. The van der Waals surface area contributed by atoms with E-state index in [1.54, 1.807) is 0 Å². The predicted octanol–water partition coefficient (Wildman–Crippen LogP) is 1.28. The zero-order valence-electron chi connectivity index (χ0n) is 11.6. The highest BCUT2D eigenvalue weighted by molar-refractivity contribution is 5.90. The second-order valence-corrected chi connectivity index (χ2v) is 6.24. The van der Waals surface area contributed by atoms with Gasteiger partial charge in [0, 0.05) is 6.54 Å². The van der Waals surface area contributed by atoms with Gasteiger partial charge in [0.1, 0.15) is 5.54 Å². The van der Waals surface area contributed by atoms with E-state index in [1.807, 2.05) is 6.92 Å². The Hall–Kier alpha value is -1.10. The number of hydrogen-bond acceptors (Lipinski definition) is 3. The van der Waals surface area contributed by atoms with Crippen LogP contribution in [0.3, 0.4) is 0 Å². The molecule has 1 saturated heterocycles. The molecule has 2 rings (SSSR count). The molecule has 1 aliphatic heterocycles. The molecule has 1 unspecified atom stereocenters. The largest absolute Gasteiger partial charge is 0.480 e. The number of rotatable bonds is 3. The molecular weight excluding hydrogens is 244 g/mol. The van der Waals surface area contributed by atoms with Gasteiger partial charge < -0.3 is 15.7 Å². The first kappa shape index (κ1) is 14.3. The van der Waals surface area contributed by atoms with Gasteiger partial charge in [-0.15, -0.1) is 0 Å². The first-order valence-corrected chi connectivity index (χ1v) is 7.25. The smallest absolute Gasteiger partial charge is 0.329 e. The standard InChI is InChI=1S/C14H24N2O3/c1-13(6-5-9-15-10-13)11(17)16-14(12(18)19)7-3-2-4-8-14/h15H,2-10H2,1H3,(H,16,17)(H,18,19). The minimum atomic E-state index is -1.03. The Morgan fingerprint density at radius 3 is 2.32 bits per heavy atom. The van der Waals surface area contributed by atoms with E-state index in [-0.39, 0.29) is 5.91 Å². The molecule has 2 aliphatic rings. The van der Waals surface area contributed by atoms with Crippen molar-refractivity contribution in [2.45, 2.75) is 57.4 Å². The summed E-state index contributed by atoms with van der Waals surface area (Å²) in [6, 6.07) is 0. The van der Waals surface area contributed by atoms with Crippen LogP contribution in [0, 0.1) is 5.41 Å². The molecule has 0 aromatic heterocycles. The van der Waals surface area contributed by atoms with Crippen molar-refractivity contribution in [3.05, 3.63) is 0 Å². The third kappa shape index (κ3) is 2.91. The lowest BCUT2D eigenvalue weighted by atomic mass is 9.78. The summed E-state index contributed by atoms with van der Waals surface area (Å²) in [7, 11) is 0. The molecule has 1 heterocycles. The molecule has 0 aromatic carbocycles. The average Bonchev–Trinajstić information content (AvgIpc) is 2.40. The van der Waals surface area contributed by atoms with Crippen LogP contribution < -0.4 is 10.6 Å². The molecule has 5 heteroatoms. The van der Waals surface area contributed by atoms with Gasteiger partial charge in [0.15, 0.2) is 0 Å². The lowest BCUT2D eigenvalue weighted by molar-refractivity contribution is -0.151. The molecule has 1 amide bonds. The normalized spacial score (nSPS) is 30.6. The highest BCUT2D eigenvalue weighted by atomic mass is 16.4. The van der Waals surface area contributed by atoms with Gasteiger partial charge in [0.25, 0.3) is 0 Å². The van der Waals surface area contributed by atoms with Crippen molar-refractivity contribution in [3.8, 4) is 0 Å². The van der Waals surface area contributed by atoms with Gasteiger partial charge in [-0.3, -0.25) is 4.79 Å². The second kappa shape index (κ2) is 5.49. The van der Waals surface area contributed by atoms with Crippen LogP contribution in [0.1, 0.15) is 51.9 Å². The van der Waals surface area contributed by atoms with Gasteiger partial charge in [0.2, 0.25) is 5.91 Å². The number of nitrogens with one attached hydrogen (secondary N) is 2. The molecule has 1 saturated carbocycles. The lowest BCUT2D eigenvalue weighted by Gasteiger charge is -2.39. The van der Waals surface area contributed by atoms with Crippen LogP contribution in [-0.2, 0) is 9.59 Å². The second-order valence-electron chi connectivity index (χ2n) is 6.24. The third-order valence-electron chi connectivity index (χ3n) is 4.61. The Morgan fingerprint density at radius 2 is 1.79 bits per heavy atom. The average molecular weight is 268 g/mol. The molecule has 5 nitrogen and oxygen atoms in total. The summed E-state index contributed by atoms with van der Waals surface area (Å²) >= 11 is 0. The summed E-state index contributed by atoms with van der Waals surface area (Å²) in [5, 5.41) is 15.6. The van der Waals surface area contributed by atoms with E-state index < -0.39 is 16.9 Å². The first-order valence-electron chi connectivity index (χ1n) is 7.25. The van der Waals surface area contributed by atoms with Crippen molar-refractivity contribution >= 4 is 11.9 Å². The summed E-state index contributed by atoms with van der Waals surface area (Å²) in [5.74, 6) is -0.989. The maximum absolute atomic E-state index is 12.5. The van der Waals surface area contributed by atoms with Crippen LogP contribution in [0.15, 0.2) is 0 Å². The van der Waals surface area contributed by atoms with Crippen LogP contribution in [0.5, 0.6) is 0 Å². The number of hydrogen-bond donors (Lipinski definition) is 3. The van der Waals surface area contributed by atoms with Gasteiger partial charge in [0.05, 0.1) is 5.41 Å². The molecule has 1 aliphatic carbocycles. The number of amides is 1. The van der Waals surface area contributed by atoms with E-state index >= 15 is 0 Å². The van der Waals surface area contributed by atoms with Crippen LogP contribution in [0.25, 0.3) is 0 Å². The molecular formula is C14H24N2O3. The van der Waals surface area contributed by atoms with E-state index in [0.717, 1.165) is 38.6 Å². The molecule has 19 heavy (non-hydrogen) atoms. The minimum absolute atomic E-state index is 0.107. The molecule has 0 spiro atoms. The molecule has 0 aromatic rings. The Labute approximate surface area is 114 Å². The van der Waals surface area contributed by atoms with Crippen LogP contribution in [-0.4, -0.2) is 35.6 Å². The van der Waals surface area contributed by atoms with E-state index in [1.165, 1.54) is 0 Å². The molecule has 0 bridgehead atoms. The molecule has 0 radical (unpaired) electrons. The minimum Gasteiger partial charge on any atom is -0.480 e. The fraction of sp³-hybridized carbons (Fsp3) is 0.857. The summed E-state index contributed by atoms with van der Waals surface area (Å²) in [6.45, 7) is 3.49. The zero-order chi connectivity index (χ0) is 13.9. The SMILES string of the molecule is CC1(C(=O)NC2(C(=O)O)CCCCC2)CCCNC1. The van der Waals surface area contributed by atoms with Crippen molar-refractivity contribution in [3.63, 3.8) is 0 Å². The third-order valence-corrected chi connectivity index (χ3v) is 4.61. The van der Waals surface area contributed by atoms with Crippen molar-refractivity contribution < 1.29 is 14.7 Å². The van der Waals surface area contributed by atoms with Crippen molar-refractivity contribution in [1.82, 2.24) is 10.6 Å². The summed E-state index contributed by atoms with van der Waals surface area (Å²) < 4.78 is 0. The highest BCUT2D eigenvalue weighted by Crippen LogP contribution is 2.32. The topological polar surface area (TPSA) is 78.4 Å². The van der Waals surface area contributed by atoms with Gasteiger partial charge in [-0.25, -0.2) is 4.79 Å². The molecule has 108 valence electrons.